The van der Waals surface area contributed by atoms with E-state index in [4.69, 9.17) is 11.6 Å². The number of aryl methyl sites for hydroxylation is 1. The molecule has 1 aromatic carbocycles. The number of aromatic nitrogens is 2. The molecule has 1 heterocycles. The molecule has 0 fully saturated rings. The number of hydrogen-bond acceptors (Lipinski definition) is 1. The molecule has 0 radical (unpaired) electrons. The van der Waals surface area contributed by atoms with Gasteiger partial charge in [0, 0.05) is 5.69 Å². The Bertz CT molecular complexity index is 459. The zero-order valence-electron chi connectivity index (χ0n) is 8.22. The van der Waals surface area contributed by atoms with Gasteiger partial charge in [0.15, 0.2) is 0 Å². The Balaban J connectivity index is 2.53. The molecule has 1 aromatic heterocycles. The van der Waals surface area contributed by atoms with Gasteiger partial charge in [-0.1, -0.05) is 24.6 Å². The summed E-state index contributed by atoms with van der Waals surface area (Å²) in [4.78, 5) is 0. The van der Waals surface area contributed by atoms with Crippen LogP contribution in [0, 0.1) is 5.82 Å². The van der Waals surface area contributed by atoms with Crippen LogP contribution in [0.2, 0.25) is 5.02 Å². The third-order valence-corrected chi connectivity index (χ3v) is 2.55. The standard InChI is InChI=1S/C11H10ClFN2/c1-2-7-6-10(15-14-7)11-8(12)4-3-5-9(11)13/h3-6H,2H2,1H3,(H,14,15). The van der Waals surface area contributed by atoms with E-state index in [1.165, 1.54) is 6.07 Å². The van der Waals surface area contributed by atoms with E-state index >= 15 is 0 Å². The molecule has 0 aliphatic carbocycles. The van der Waals surface area contributed by atoms with Crippen LogP contribution in [0.1, 0.15) is 12.6 Å². The van der Waals surface area contributed by atoms with Crippen LogP contribution in [0.15, 0.2) is 24.3 Å². The second-order valence-corrected chi connectivity index (χ2v) is 3.64. The summed E-state index contributed by atoms with van der Waals surface area (Å²) >= 11 is 5.92. The van der Waals surface area contributed by atoms with Crippen molar-refractivity contribution in [1.29, 1.82) is 0 Å². The maximum Gasteiger partial charge on any atom is 0.134 e. The predicted octanol–water partition coefficient (Wildman–Crippen LogP) is 3.43. The van der Waals surface area contributed by atoms with E-state index in [9.17, 15) is 4.39 Å². The van der Waals surface area contributed by atoms with E-state index in [0.717, 1.165) is 12.1 Å². The molecule has 0 bridgehead atoms. The normalized spacial score (nSPS) is 10.6. The molecule has 0 saturated heterocycles. The number of hydrogen-bond donors (Lipinski definition) is 1. The predicted molar refractivity (Wildman–Crippen MR) is 58.4 cm³/mol. The maximum absolute atomic E-state index is 13.5. The summed E-state index contributed by atoms with van der Waals surface area (Å²) in [6, 6.07) is 6.42. The van der Waals surface area contributed by atoms with E-state index < -0.39 is 0 Å². The Morgan fingerprint density at radius 1 is 1.47 bits per heavy atom. The molecule has 0 aliphatic rings. The minimum Gasteiger partial charge on any atom is -0.282 e. The van der Waals surface area contributed by atoms with Crippen molar-refractivity contribution in [1.82, 2.24) is 10.2 Å². The molecule has 0 unspecified atom stereocenters. The van der Waals surface area contributed by atoms with Crippen LogP contribution in [0.3, 0.4) is 0 Å². The van der Waals surface area contributed by atoms with E-state index in [2.05, 4.69) is 10.2 Å². The van der Waals surface area contributed by atoms with Crippen molar-refractivity contribution in [2.75, 3.05) is 0 Å². The SMILES string of the molecule is CCc1cc(-c2c(F)cccc2Cl)n[nH]1. The van der Waals surface area contributed by atoms with Crippen LogP contribution in [-0.2, 0) is 6.42 Å². The quantitative estimate of drug-likeness (QED) is 0.832. The lowest BCUT2D eigenvalue weighted by atomic mass is 10.1. The van der Waals surface area contributed by atoms with E-state index in [1.807, 2.05) is 13.0 Å². The van der Waals surface area contributed by atoms with Crippen molar-refractivity contribution in [3.8, 4) is 11.3 Å². The van der Waals surface area contributed by atoms with Gasteiger partial charge in [-0.3, -0.25) is 5.10 Å². The van der Waals surface area contributed by atoms with Crippen LogP contribution >= 0.6 is 11.6 Å². The number of nitrogens with one attached hydrogen (secondary N) is 1. The van der Waals surface area contributed by atoms with E-state index in [-0.39, 0.29) is 5.82 Å². The van der Waals surface area contributed by atoms with Gasteiger partial charge >= 0.3 is 0 Å². The molecule has 15 heavy (non-hydrogen) atoms. The summed E-state index contributed by atoms with van der Waals surface area (Å²) in [5, 5.41) is 7.24. The average molecular weight is 225 g/mol. The Hall–Kier alpha value is -1.35. The maximum atomic E-state index is 13.5. The first-order valence-electron chi connectivity index (χ1n) is 4.71. The molecule has 4 heteroatoms. The summed E-state index contributed by atoms with van der Waals surface area (Å²) in [5.41, 5.74) is 1.87. The average Bonchev–Trinajstić information content (AvgIpc) is 2.66. The van der Waals surface area contributed by atoms with Gasteiger partial charge in [-0.15, -0.1) is 0 Å². The number of benzene rings is 1. The van der Waals surface area contributed by atoms with Crippen molar-refractivity contribution in [3.05, 3.63) is 40.8 Å². The zero-order chi connectivity index (χ0) is 10.8. The first kappa shape index (κ1) is 10.2. The minimum absolute atomic E-state index is 0.350. The van der Waals surface area contributed by atoms with Gasteiger partial charge in [0.05, 0.1) is 16.3 Å². The molecule has 2 rings (SSSR count). The minimum atomic E-state index is -0.350. The number of halogens is 2. The van der Waals surface area contributed by atoms with Crippen molar-refractivity contribution >= 4 is 11.6 Å². The summed E-state index contributed by atoms with van der Waals surface area (Å²) in [6.45, 7) is 2.00. The summed E-state index contributed by atoms with van der Waals surface area (Å²) in [5.74, 6) is -0.350. The van der Waals surface area contributed by atoms with Crippen LogP contribution < -0.4 is 0 Å². The van der Waals surface area contributed by atoms with Crippen LogP contribution in [0.4, 0.5) is 4.39 Å². The van der Waals surface area contributed by atoms with Crippen molar-refractivity contribution in [2.45, 2.75) is 13.3 Å². The van der Waals surface area contributed by atoms with Gasteiger partial charge in [0.1, 0.15) is 5.82 Å². The largest absolute Gasteiger partial charge is 0.282 e. The van der Waals surface area contributed by atoms with Gasteiger partial charge in [0.2, 0.25) is 0 Å². The molecule has 0 spiro atoms. The molecule has 1 N–H and O–H groups in total. The third kappa shape index (κ3) is 1.88. The molecule has 2 nitrogen and oxygen atoms in total. The van der Waals surface area contributed by atoms with E-state index in [0.29, 0.717) is 16.3 Å². The Kier molecular flexibility index (Phi) is 2.73. The summed E-state index contributed by atoms with van der Waals surface area (Å²) in [7, 11) is 0. The Labute approximate surface area is 92.1 Å². The third-order valence-electron chi connectivity index (χ3n) is 2.23. The fourth-order valence-corrected chi connectivity index (χ4v) is 1.67. The number of nitrogens with zero attached hydrogens (tertiary/aromatic N) is 1. The van der Waals surface area contributed by atoms with Gasteiger partial charge in [0.25, 0.3) is 0 Å². The second-order valence-electron chi connectivity index (χ2n) is 3.23. The first-order valence-corrected chi connectivity index (χ1v) is 5.09. The topological polar surface area (TPSA) is 28.7 Å². The zero-order valence-corrected chi connectivity index (χ0v) is 8.98. The molecule has 0 saturated carbocycles. The molecule has 2 aromatic rings. The Morgan fingerprint density at radius 2 is 2.27 bits per heavy atom. The highest BCUT2D eigenvalue weighted by atomic mass is 35.5. The van der Waals surface area contributed by atoms with Crippen LogP contribution in [0.5, 0.6) is 0 Å². The van der Waals surface area contributed by atoms with Crippen LogP contribution in [-0.4, -0.2) is 10.2 Å². The van der Waals surface area contributed by atoms with Crippen LogP contribution in [0.25, 0.3) is 11.3 Å². The van der Waals surface area contributed by atoms with Crippen molar-refractivity contribution in [2.24, 2.45) is 0 Å². The first-order chi connectivity index (χ1) is 7.22. The second kappa shape index (κ2) is 4.03. The molecule has 0 aliphatic heterocycles. The highest BCUT2D eigenvalue weighted by molar-refractivity contribution is 6.33. The highest BCUT2D eigenvalue weighted by Crippen LogP contribution is 2.29. The van der Waals surface area contributed by atoms with Gasteiger partial charge in [-0.05, 0) is 24.6 Å². The lowest BCUT2D eigenvalue weighted by Crippen LogP contribution is -1.85. The van der Waals surface area contributed by atoms with Crippen molar-refractivity contribution in [3.63, 3.8) is 0 Å². The van der Waals surface area contributed by atoms with Gasteiger partial charge in [-0.2, -0.15) is 5.10 Å². The monoisotopic (exact) mass is 224 g/mol. The van der Waals surface area contributed by atoms with Gasteiger partial charge < -0.3 is 0 Å². The molecule has 0 amide bonds. The summed E-state index contributed by atoms with van der Waals surface area (Å²) < 4.78 is 13.5. The molecule has 78 valence electrons. The molecular formula is C11H10ClFN2. The lowest BCUT2D eigenvalue weighted by molar-refractivity contribution is 0.630. The fourth-order valence-electron chi connectivity index (χ4n) is 1.41. The number of H-pyrrole nitrogens is 1. The molecule has 0 atom stereocenters. The Morgan fingerprint density at radius 3 is 2.87 bits per heavy atom. The number of aromatic amines is 1. The lowest BCUT2D eigenvalue weighted by Gasteiger charge is -2.00. The van der Waals surface area contributed by atoms with Crippen molar-refractivity contribution < 1.29 is 4.39 Å². The fraction of sp³-hybridized carbons (Fsp3) is 0.182. The summed E-state index contributed by atoms with van der Waals surface area (Å²) in [6.07, 6.45) is 0.832. The smallest absolute Gasteiger partial charge is 0.134 e. The highest BCUT2D eigenvalue weighted by Gasteiger charge is 2.12. The molecular weight excluding hydrogens is 215 g/mol. The van der Waals surface area contributed by atoms with Gasteiger partial charge in [-0.25, -0.2) is 4.39 Å². The number of rotatable bonds is 2. The van der Waals surface area contributed by atoms with E-state index in [1.54, 1.807) is 12.1 Å².